The Hall–Kier alpha value is -2.60. The summed E-state index contributed by atoms with van der Waals surface area (Å²) in [5.74, 6) is -1.50. The van der Waals surface area contributed by atoms with Crippen LogP contribution in [0.2, 0.25) is 5.02 Å². The van der Waals surface area contributed by atoms with Gasteiger partial charge in [-0.2, -0.15) is 0 Å². The van der Waals surface area contributed by atoms with Gasteiger partial charge in [0, 0.05) is 0 Å². The van der Waals surface area contributed by atoms with Gasteiger partial charge in [-0.15, -0.1) is 0 Å². The lowest BCUT2D eigenvalue weighted by molar-refractivity contribution is -0.136. The second kappa shape index (κ2) is 8.14. The lowest BCUT2D eigenvalue weighted by atomic mass is 10.3. The number of anilines is 1. The van der Waals surface area contributed by atoms with Crippen molar-refractivity contribution in [3.63, 3.8) is 0 Å². The molecule has 0 saturated carbocycles. The Morgan fingerprint density at radius 1 is 1.04 bits per heavy atom. The van der Waals surface area contributed by atoms with Crippen LogP contribution in [0.15, 0.2) is 48.5 Å². The highest BCUT2D eigenvalue weighted by molar-refractivity contribution is 6.41. The van der Waals surface area contributed by atoms with Crippen LogP contribution < -0.4 is 15.4 Å². The third kappa shape index (κ3) is 5.27. The molecule has 23 heavy (non-hydrogen) atoms. The first-order valence-corrected chi connectivity index (χ1v) is 7.16. The van der Waals surface area contributed by atoms with Crippen LogP contribution in [-0.2, 0) is 9.59 Å². The lowest BCUT2D eigenvalue weighted by Crippen LogP contribution is -2.37. The number of hydrogen-bond donors (Lipinski definition) is 2. The van der Waals surface area contributed by atoms with Crippen LogP contribution >= 0.6 is 11.6 Å². The van der Waals surface area contributed by atoms with Crippen LogP contribution in [-0.4, -0.2) is 25.0 Å². The van der Waals surface area contributed by atoms with Crippen LogP contribution in [0.25, 0.3) is 0 Å². The number of para-hydroxylation sites is 1. The van der Waals surface area contributed by atoms with Gasteiger partial charge in [-0.1, -0.05) is 23.7 Å². The van der Waals surface area contributed by atoms with Gasteiger partial charge in [0.25, 0.3) is 0 Å². The van der Waals surface area contributed by atoms with Crippen molar-refractivity contribution >= 4 is 29.1 Å². The van der Waals surface area contributed by atoms with Crippen molar-refractivity contribution in [1.29, 1.82) is 0 Å². The first kappa shape index (κ1) is 16.8. The van der Waals surface area contributed by atoms with Gasteiger partial charge in [0.15, 0.2) is 0 Å². The number of ether oxygens (including phenoxy) is 1. The van der Waals surface area contributed by atoms with E-state index in [-0.39, 0.29) is 19.0 Å². The van der Waals surface area contributed by atoms with Gasteiger partial charge in [0.2, 0.25) is 0 Å². The van der Waals surface area contributed by atoms with E-state index in [0.29, 0.717) is 16.5 Å². The molecule has 0 atom stereocenters. The predicted octanol–water partition coefficient (Wildman–Crippen LogP) is 2.61. The Bertz CT molecular complexity index is 692. The summed E-state index contributed by atoms with van der Waals surface area (Å²) in [7, 11) is 0. The number of rotatable bonds is 5. The fourth-order valence-corrected chi connectivity index (χ4v) is 1.87. The normalized spacial score (nSPS) is 10.0. The van der Waals surface area contributed by atoms with Crippen LogP contribution in [0, 0.1) is 5.82 Å². The molecule has 0 aliphatic carbocycles. The summed E-state index contributed by atoms with van der Waals surface area (Å²) in [5, 5.41) is 5.16. The number of benzene rings is 2. The van der Waals surface area contributed by atoms with Gasteiger partial charge in [-0.25, -0.2) is 4.39 Å². The molecule has 0 aliphatic heterocycles. The number of carbonyl (C=O) groups excluding carboxylic acids is 2. The van der Waals surface area contributed by atoms with E-state index in [1.807, 2.05) is 0 Å². The van der Waals surface area contributed by atoms with E-state index < -0.39 is 11.8 Å². The highest BCUT2D eigenvalue weighted by Gasteiger charge is 2.14. The molecule has 2 aromatic rings. The number of amides is 2. The van der Waals surface area contributed by atoms with Crippen LogP contribution in [0.4, 0.5) is 10.1 Å². The molecule has 0 saturated heterocycles. The molecular formula is C16H14ClFN2O3. The lowest BCUT2D eigenvalue weighted by Gasteiger charge is -2.09. The standard InChI is InChI=1S/C16H14ClFN2O3/c17-13-3-1-2-4-14(13)20-16(22)15(21)19-9-10-23-12-7-5-11(18)6-8-12/h1-8H,9-10H2,(H,19,21)(H,20,22). The molecular weight excluding hydrogens is 323 g/mol. The molecule has 0 fully saturated rings. The van der Waals surface area contributed by atoms with Gasteiger partial charge in [-0.3, -0.25) is 9.59 Å². The maximum absolute atomic E-state index is 12.7. The molecule has 0 unspecified atom stereocenters. The van der Waals surface area contributed by atoms with Gasteiger partial charge in [0.1, 0.15) is 18.2 Å². The highest BCUT2D eigenvalue weighted by atomic mass is 35.5. The molecule has 2 amide bonds. The predicted molar refractivity (Wildman–Crippen MR) is 85.0 cm³/mol. The van der Waals surface area contributed by atoms with Crippen LogP contribution in [0.1, 0.15) is 0 Å². The summed E-state index contributed by atoms with van der Waals surface area (Å²) in [6.45, 7) is 0.281. The summed E-state index contributed by atoms with van der Waals surface area (Å²) >= 11 is 5.89. The zero-order chi connectivity index (χ0) is 16.7. The molecule has 0 spiro atoms. The molecule has 120 valence electrons. The maximum atomic E-state index is 12.7. The molecule has 0 aliphatic rings. The summed E-state index contributed by atoms with van der Waals surface area (Å²) in [6, 6.07) is 12.1. The van der Waals surface area contributed by atoms with E-state index in [1.165, 1.54) is 24.3 Å². The maximum Gasteiger partial charge on any atom is 0.313 e. The first-order chi connectivity index (χ1) is 11.1. The molecule has 2 N–H and O–H groups in total. The van der Waals surface area contributed by atoms with Crippen molar-refractivity contribution in [2.75, 3.05) is 18.5 Å². The van der Waals surface area contributed by atoms with Crippen molar-refractivity contribution in [1.82, 2.24) is 5.32 Å². The number of hydrogen-bond acceptors (Lipinski definition) is 3. The number of halogens is 2. The van der Waals surface area contributed by atoms with Gasteiger partial charge in [-0.05, 0) is 36.4 Å². The van der Waals surface area contributed by atoms with Crippen LogP contribution in [0.5, 0.6) is 5.75 Å². The molecule has 2 rings (SSSR count). The largest absolute Gasteiger partial charge is 0.492 e. The van der Waals surface area contributed by atoms with Crippen molar-refractivity contribution < 1.29 is 18.7 Å². The Morgan fingerprint density at radius 3 is 2.43 bits per heavy atom. The third-order valence-corrected chi connectivity index (χ3v) is 3.13. The second-order valence-electron chi connectivity index (χ2n) is 4.49. The monoisotopic (exact) mass is 336 g/mol. The van der Waals surface area contributed by atoms with E-state index in [1.54, 1.807) is 24.3 Å². The van der Waals surface area contributed by atoms with Gasteiger partial charge < -0.3 is 15.4 Å². The Labute approximate surface area is 137 Å². The Morgan fingerprint density at radius 2 is 1.74 bits per heavy atom. The topological polar surface area (TPSA) is 67.4 Å². The minimum absolute atomic E-state index is 0.131. The van der Waals surface area contributed by atoms with Crippen molar-refractivity contribution in [3.05, 3.63) is 59.4 Å². The summed E-state index contributed by atoms with van der Waals surface area (Å²) in [6.07, 6.45) is 0. The second-order valence-corrected chi connectivity index (χ2v) is 4.90. The average molecular weight is 337 g/mol. The smallest absolute Gasteiger partial charge is 0.313 e. The molecule has 7 heteroatoms. The average Bonchev–Trinajstić information content (AvgIpc) is 2.55. The molecule has 0 bridgehead atoms. The Kier molecular flexibility index (Phi) is 5.94. The van der Waals surface area contributed by atoms with E-state index in [4.69, 9.17) is 16.3 Å². The fraction of sp³-hybridized carbons (Fsp3) is 0.125. The van der Waals surface area contributed by atoms with Crippen LogP contribution in [0.3, 0.4) is 0 Å². The number of nitrogens with one attached hydrogen (secondary N) is 2. The minimum atomic E-state index is -0.820. The fourth-order valence-electron chi connectivity index (χ4n) is 1.69. The third-order valence-electron chi connectivity index (χ3n) is 2.80. The van der Waals surface area contributed by atoms with E-state index >= 15 is 0 Å². The van der Waals surface area contributed by atoms with Crippen molar-refractivity contribution in [2.24, 2.45) is 0 Å². The van der Waals surface area contributed by atoms with E-state index in [2.05, 4.69) is 10.6 Å². The van der Waals surface area contributed by atoms with Gasteiger partial charge >= 0.3 is 11.8 Å². The van der Waals surface area contributed by atoms with E-state index in [0.717, 1.165) is 0 Å². The quantitative estimate of drug-likeness (QED) is 0.651. The summed E-state index contributed by atoms with van der Waals surface area (Å²) in [5.41, 5.74) is 0.358. The molecule has 0 heterocycles. The van der Waals surface area contributed by atoms with Crippen molar-refractivity contribution in [3.8, 4) is 5.75 Å². The number of carbonyl (C=O) groups is 2. The van der Waals surface area contributed by atoms with Gasteiger partial charge in [0.05, 0.1) is 17.3 Å². The SMILES string of the molecule is O=C(NCCOc1ccc(F)cc1)C(=O)Nc1ccccc1Cl. The summed E-state index contributed by atoms with van der Waals surface area (Å²) < 4.78 is 18.0. The first-order valence-electron chi connectivity index (χ1n) is 6.78. The Balaban J connectivity index is 1.73. The highest BCUT2D eigenvalue weighted by Crippen LogP contribution is 2.20. The molecule has 5 nitrogen and oxygen atoms in total. The van der Waals surface area contributed by atoms with E-state index in [9.17, 15) is 14.0 Å². The summed E-state index contributed by atoms with van der Waals surface area (Å²) in [4.78, 5) is 23.3. The molecule has 0 aromatic heterocycles. The zero-order valence-corrected chi connectivity index (χ0v) is 12.8. The van der Waals surface area contributed by atoms with Crippen molar-refractivity contribution in [2.45, 2.75) is 0 Å². The minimum Gasteiger partial charge on any atom is -0.492 e. The molecule has 2 aromatic carbocycles. The molecule has 0 radical (unpaired) electrons. The zero-order valence-electron chi connectivity index (χ0n) is 12.0.